The van der Waals surface area contributed by atoms with Gasteiger partial charge in [0, 0.05) is 0 Å². The van der Waals surface area contributed by atoms with Crippen molar-refractivity contribution in [3.05, 3.63) is 12.8 Å². The van der Waals surface area contributed by atoms with E-state index in [2.05, 4.69) is 6.58 Å². The van der Waals surface area contributed by atoms with Gasteiger partial charge in [-0.15, -0.1) is 0 Å². The first-order chi connectivity index (χ1) is 17.0. The highest BCUT2D eigenvalue weighted by Gasteiger charge is 2.55. The van der Waals surface area contributed by atoms with Gasteiger partial charge in [0.25, 0.3) is 0 Å². The van der Waals surface area contributed by atoms with Gasteiger partial charge in [0.1, 0.15) is 12.7 Å². The molecule has 0 radical (unpaired) electrons. The van der Waals surface area contributed by atoms with Crippen molar-refractivity contribution in [3.8, 4) is 0 Å². The molecule has 1 aliphatic heterocycles. The Bertz CT molecular complexity index is 879. The van der Waals surface area contributed by atoms with E-state index in [1.165, 1.54) is 0 Å². The van der Waals surface area contributed by atoms with E-state index >= 15 is 0 Å². The van der Waals surface area contributed by atoms with Crippen LogP contribution in [0.2, 0.25) is 0 Å². The predicted molar refractivity (Wildman–Crippen MR) is 138 cm³/mol. The molecule has 0 bridgehead atoms. The standard InChI is InChI=1S/C28H46O10/c1-14-33-20-19(38-24(32)28(11,12)13)18(37-23(31)27(8,9)10)17(36-22(30)26(5,6)7)16(35-20)15-34-21(29)25(2,3)4/h14,16-20H,1,15H2,2-13H3/t16-,17+,18+,19-,20-/m1/s1. The zero-order chi connectivity index (χ0) is 29.9. The highest BCUT2D eigenvalue weighted by atomic mass is 16.7. The second-order valence-corrected chi connectivity index (χ2v) is 13.6. The summed E-state index contributed by atoms with van der Waals surface area (Å²) < 4.78 is 34.5. The van der Waals surface area contributed by atoms with Gasteiger partial charge < -0.3 is 28.4 Å². The molecule has 1 saturated heterocycles. The Balaban J connectivity index is 3.64. The average Bonchev–Trinajstić information content (AvgIpc) is 2.73. The van der Waals surface area contributed by atoms with Gasteiger partial charge in [0.2, 0.25) is 12.4 Å². The number of hydrogen-bond acceptors (Lipinski definition) is 10. The lowest BCUT2D eigenvalue weighted by Crippen LogP contribution is -2.64. The summed E-state index contributed by atoms with van der Waals surface area (Å²) in [6.07, 6.45) is -5.33. The molecule has 1 rings (SSSR count). The van der Waals surface area contributed by atoms with Gasteiger partial charge in [-0.3, -0.25) is 19.2 Å². The first kappa shape index (κ1) is 33.4. The molecular weight excluding hydrogens is 496 g/mol. The van der Waals surface area contributed by atoms with Crippen LogP contribution >= 0.6 is 0 Å². The van der Waals surface area contributed by atoms with Crippen molar-refractivity contribution in [2.45, 2.75) is 114 Å². The molecule has 0 saturated carbocycles. The highest BCUT2D eigenvalue weighted by Crippen LogP contribution is 2.34. The Morgan fingerprint density at radius 3 is 1.37 bits per heavy atom. The van der Waals surface area contributed by atoms with Crippen molar-refractivity contribution < 1.29 is 47.6 Å². The zero-order valence-electron chi connectivity index (χ0n) is 25.0. The van der Waals surface area contributed by atoms with E-state index in [4.69, 9.17) is 28.4 Å². The third-order valence-corrected chi connectivity index (χ3v) is 5.38. The van der Waals surface area contributed by atoms with Crippen LogP contribution < -0.4 is 0 Å². The van der Waals surface area contributed by atoms with E-state index in [1.54, 1.807) is 83.1 Å². The van der Waals surface area contributed by atoms with E-state index in [-0.39, 0.29) is 6.61 Å². The summed E-state index contributed by atoms with van der Waals surface area (Å²) in [7, 11) is 0. The highest BCUT2D eigenvalue weighted by molar-refractivity contribution is 5.78. The number of ether oxygens (including phenoxy) is 6. The molecule has 0 N–H and O–H groups in total. The van der Waals surface area contributed by atoms with E-state index in [0.29, 0.717) is 0 Å². The van der Waals surface area contributed by atoms with Gasteiger partial charge in [-0.1, -0.05) is 6.58 Å². The first-order valence-corrected chi connectivity index (χ1v) is 12.7. The summed E-state index contributed by atoms with van der Waals surface area (Å²) in [6.45, 7) is 23.2. The molecule has 218 valence electrons. The average molecular weight is 543 g/mol. The van der Waals surface area contributed by atoms with Crippen LogP contribution in [0.15, 0.2) is 12.8 Å². The van der Waals surface area contributed by atoms with Gasteiger partial charge in [-0.2, -0.15) is 0 Å². The molecule has 5 atom stereocenters. The molecule has 0 spiro atoms. The van der Waals surface area contributed by atoms with Crippen molar-refractivity contribution in [2.24, 2.45) is 21.7 Å². The Labute approximate surface area is 226 Å². The van der Waals surface area contributed by atoms with Crippen molar-refractivity contribution in [1.29, 1.82) is 0 Å². The topological polar surface area (TPSA) is 124 Å². The van der Waals surface area contributed by atoms with Crippen LogP contribution in [-0.4, -0.2) is 61.2 Å². The molecule has 0 aromatic carbocycles. The smallest absolute Gasteiger partial charge is 0.311 e. The molecule has 1 fully saturated rings. The molecule has 0 amide bonds. The molecule has 1 aliphatic rings. The Morgan fingerprint density at radius 1 is 0.632 bits per heavy atom. The van der Waals surface area contributed by atoms with Crippen LogP contribution in [0, 0.1) is 21.7 Å². The molecule has 10 nitrogen and oxygen atoms in total. The number of carbonyl (C=O) groups is 4. The molecule has 10 heteroatoms. The summed E-state index contributed by atoms with van der Waals surface area (Å²) >= 11 is 0. The third kappa shape index (κ3) is 9.29. The maximum Gasteiger partial charge on any atom is 0.311 e. The Morgan fingerprint density at radius 2 is 1.00 bits per heavy atom. The van der Waals surface area contributed by atoms with Crippen LogP contribution in [-0.2, 0) is 47.6 Å². The molecule has 0 aliphatic carbocycles. The summed E-state index contributed by atoms with van der Waals surface area (Å²) in [5.74, 6) is -2.41. The molecule has 0 unspecified atom stereocenters. The van der Waals surface area contributed by atoms with Gasteiger partial charge >= 0.3 is 23.9 Å². The van der Waals surface area contributed by atoms with Gasteiger partial charge in [0.05, 0.1) is 27.9 Å². The third-order valence-electron chi connectivity index (χ3n) is 5.38. The minimum Gasteiger partial charge on any atom is -0.469 e. The maximum atomic E-state index is 13.1. The molecular formula is C28H46O10. The second-order valence-electron chi connectivity index (χ2n) is 13.6. The lowest BCUT2D eigenvalue weighted by molar-refractivity contribution is -0.301. The van der Waals surface area contributed by atoms with E-state index in [9.17, 15) is 19.2 Å². The lowest BCUT2D eigenvalue weighted by atomic mass is 9.93. The largest absolute Gasteiger partial charge is 0.469 e. The van der Waals surface area contributed by atoms with Gasteiger partial charge in [-0.05, 0) is 83.1 Å². The minimum absolute atomic E-state index is 0.349. The summed E-state index contributed by atoms with van der Waals surface area (Å²) in [4.78, 5) is 51.5. The van der Waals surface area contributed by atoms with Gasteiger partial charge in [0.15, 0.2) is 12.2 Å². The predicted octanol–water partition coefficient (Wildman–Crippen LogP) is 4.33. The van der Waals surface area contributed by atoms with Crippen LogP contribution in [0.4, 0.5) is 0 Å². The SMILES string of the molecule is C=CO[C@@H]1O[C@H](COC(=O)C(C)(C)C)[C@H](OC(=O)C(C)(C)C)[C@H](OC(=O)C(C)(C)C)[C@H]1OC(=O)C(C)(C)C. The number of hydrogen-bond donors (Lipinski definition) is 0. The zero-order valence-corrected chi connectivity index (χ0v) is 25.0. The van der Waals surface area contributed by atoms with Crippen LogP contribution in [0.5, 0.6) is 0 Å². The van der Waals surface area contributed by atoms with Gasteiger partial charge in [-0.25, -0.2) is 0 Å². The van der Waals surface area contributed by atoms with E-state index in [0.717, 1.165) is 6.26 Å². The van der Waals surface area contributed by atoms with Crippen LogP contribution in [0.25, 0.3) is 0 Å². The fraction of sp³-hybridized carbons (Fsp3) is 0.786. The number of rotatable bonds is 7. The minimum atomic E-state index is -1.35. The fourth-order valence-electron chi connectivity index (χ4n) is 2.89. The number of esters is 4. The summed E-state index contributed by atoms with van der Waals surface area (Å²) in [5.41, 5.74) is -3.62. The second kappa shape index (κ2) is 12.1. The molecule has 0 aromatic heterocycles. The fourth-order valence-corrected chi connectivity index (χ4v) is 2.89. The van der Waals surface area contributed by atoms with Crippen molar-refractivity contribution >= 4 is 23.9 Å². The monoisotopic (exact) mass is 542 g/mol. The molecule has 1 heterocycles. The van der Waals surface area contributed by atoms with Crippen LogP contribution in [0.3, 0.4) is 0 Å². The van der Waals surface area contributed by atoms with Crippen molar-refractivity contribution in [3.63, 3.8) is 0 Å². The summed E-state index contributed by atoms with van der Waals surface area (Å²) in [6, 6.07) is 0. The van der Waals surface area contributed by atoms with Crippen molar-refractivity contribution in [2.75, 3.05) is 6.61 Å². The van der Waals surface area contributed by atoms with Crippen molar-refractivity contribution in [1.82, 2.24) is 0 Å². The van der Waals surface area contributed by atoms with E-state index < -0.39 is 76.2 Å². The maximum absolute atomic E-state index is 13.1. The summed E-state index contributed by atoms with van der Waals surface area (Å²) in [5, 5.41) is 0. The normalized spacial score (nSPS) is 24.6. The Hall–Kier alpha value is -2.62. The quantitative estimate of drug-likeness (QED) is 0.261. The first-order valence-electron chi connectivity index (χ1n) is 12.7. The van der Waals surface area contributed by atoms with Crippen LogP contribution in [0.1, 0.15) is 83.1 Å². The number of carbonyl (C=O) groups excluding carboxylic acids is 4. The Kier molecular flexibility index (Phi) is 10.6. The lowest BCUT2D eigenvalue weighted by Gasteiger charge is -2.45. The van der Waals surface area contributed by atoms with E-state index in [1.807, 2.05) is 0 Å². The molecule has 38 heavy (non-hydrogen) atoms. The molecule has 0 aromatic rings.